The Hall–Kier alpha value is -0.550. The van der Waals surface area contributed by atoms with Crippen LogP contribution in [0.2, 0.25) is 0 Å². The minimum absolute atomic E-state index is 0.0857. The molecule has 1 aliphatic carbocycles. The van der Waals surface area contributed by atoms with Crippen molar-refractivity contribution in [1.82, 2.24) is 0 Å². The standard InChI is InChI=1S/C15H27NO/c1-5-12-7-6-8-15(9-12,11-16)13(17)10-14(2,3)4/h12-13,17H,5-10H2,1-4H3. The van der Waals surface area contributed by atoms with E-state index in [9.17, 15) is 10.4 Å². The number of nitrogens with zero attached hydrogens (tertiary/aromatic N) is 1. The lowest BCUT2D eigenvalue weighted by atomic mass is 9.64. The molecular formula is C15H27NO. The molecule has 1 rings (SSSR count). The van der Waals surface area contributed by atoms with Crippen LogP contribution in [0.4, 0.5) is 0 Å². The fourth-order valence-electron chi connectivity index (χ4n) is 3.03. The Morgan fingerprint density at radius 3 is 2.59 bits per heavy atom. The Morgan fingerprint density at radius 1 is 1.47 bits per heavy atom. The van der Waals surface area contributed by atoms with Crippen molar-refractivity contribution in [3.05, 3.63) is 0 Å². The SMILES string of the molecule is CCC1CCCC(C#N)(C(O)CC(C)(C)C)C1. The molecule has 3 unspecified atom stereocenters. The number of nitriles is 1. The molecule has 0 aromatic heterocycles. The van der Waals surface area contributed by atoms with Gasteiger partial charge < -0.3 is 5.11 Å². The Bertz CT molecular complexity index is 286. The molecule has 2 heteroatoms. The highest BCUT2D eigenvalue weighted by Crippen LogP contribution is 2.45. The molecule has 0 aromatic rings. The van der Waals surface area contributed by atoms with Gasteiger partial charge in [-0.2, -0.15) is 5.26 Å². The lowest BCUT2D eigenvalue weighted by Crippen LogP contribution is -2.40. The Morgan fingerprint density at radius 2 is 2.12 bits per heavy atom. The van der Waals surface area contributed by atoms with Crippen LogP contribution in [0.15, 0.2) is 0 Å². The highest BCUT2D eigenvalue weighted by atomic mass is 16.3. The van der Waals surface area contributed by atoms with Crippen LogP contribution in [0.3, 0.4) is 0 Å². The number of aliphatic hydroxyl groups excluding tert-OH is 1. The Balaban J connectivity index is 2.77. The monoisotopic (exact) mass is 237 g/mol. The summed E-state index contributed by atoms with van der Waals surface area (Å²) >= 11 is 0. The molecule has 0 amide bonds. The molecule has 0 saturated heterocycles. The van der Waals surface area contributed by atoms with Crippen LogP contribution in [-0.4, -0.2) is 11.2 Å². The van der Waals surface area contributed by atoms with Gasteiger partial charge in [-0.05, 0) is 30.6 Å². The smallest absolute Gasteiger partial charge is 0.0835 e. The summed E-state index contributed by atoms with van der Waals surface area (Å²) in [5.41, 5.74) is -0.394. The summed E-state index contributed by atoms with van der Waals surface area (Å²) in [7, 11) is 0. The predicted molar refractivity (Wildman–Crippen MR) is 70.4 cm³/mol. The van der Waals surface area contributed by atoms with Gasteiger partial charge in [-0.15, -0.1) is 0 Å². The largest absolute Gasteiger partial charge is 0.391 e. The van der Waals surface area contributed by atoms with Crippen LogP contribution < -0.4 is 0 Å². The first-order valence-electron chi connectivity index (χ1n) is 6.92. The zero-order chi connectivity index (χ0) is 13.1. The van der Waals surface area contributed by atoms with E-state index in [-0.39, 0.29) is 5.41 Å². The van der Waals surface area contributed by atoms with E-state index in [0.29, 0.717) is 5.92 Å². The van der Waals surface area contributed by atoms with Crippen LogP contribution in [0, 0.1) is 28.1 Å². The van der Waals surface area contributed by atoms with Crippen LogP contribution in [0.25, 0.3) is 0 Å². The van der Waals surface area contributed by atoms with Crippen molar-refractivity contribution in [2.45, 2.75) is 72.3 Å². The Labute approximate surface area is 106 Å². The van der Waals surface area contributed by atoms with Crippen molar-refractivity contribution in [2.24, 2.45) is 16.7 Å². The fourth-order valence-corrected chi connectivity index (χ4v) is 3.03. The average molecular weight is 237 g/mol. The van der Waals surface area contributed by atoms with Gasteiger partial charge in [-0.25, -0.2) is 0 Å². The first kappa shape index (κ1) is 14.5. The maximum absolute atomic E-state index is 10.5. The second-order valence-electron chi connectivity index (χ2n) is 6.92. The van der Waals surface area contributed by atoms with Crippen molar-refractivity contribution >= 4 is 0 Å². The molecule has 0 radical (unpaired) electrons. The summed E-state index contributed by atoms with van der Waals surface area (Å²) in [6, 6.07) is 2.45. The van der Waals surface area contributed by atoms with Gasteiger partial charge >= 0.3 is 0 Å². The van der Waals surface area contributed by atoms with Crippen molar-refractivity contribution in [3.8, 4) is 6.07 Å². The topological polar surface area (TPSA) is 44.0 Å². The zero-order valence-electron chi connectivity index (χ0n) is 11.8. The van der Waals surface area contributed by atoms with E-state index < -0.39 is 11.5 Å². The molecule has 0 spiro atoms. The summed E-state index contributed by atoms with van der Waals surface area (Å²) in [4.78, 5) is 0. The molecule has 17 heavy (non-hydrogen) atoms. The minimum atomic E-state index is -0.480. The maximum atomic E-state index is 10.5. The third-order valence-electron chi connectivity index (χ3n) is 4.13. The van der Waals surface area contributed by atoms with Crippen molar-refractivity contribution in [2.75, 3.05) is 0 Å². The van der Waals surface area contributed by atoms with Gasteiger partial charge in [0.2, 0.25) is 0 Å². The molecular weight excluding hydrogens is 210 g/mol. The highest BCUT2D eigenvalue weighted by Gasteiger charge is 2.43. The molecule has 1 fully saturated rings. The maximum Gasteiger partial charge on any atom is 0.0835 e. The Kier molecular flexibility index (Phi) is 4.61. The van der Waals surface area contributed by atoms with Crippen LogP contribution in [-0.2, 0) is 0 Å². The summed E-state index contributed by atoms with van der Waals surface area (Å²) in [5, 5.41) is 20.0. The van der Waals surface area contributed by atoms with Crippen LogP contribution in [0.1, 0.15) is 66.2 Å². The molecule has 0 heterocycles. The van der Waals surface area contributed by atoms with E-state index in [0.717, 1.165) is 32.1 Å². The normalized spacial score (nSPS) is 31.9. The third kappa shape index (κ3) is 3.71. The van der Waals surface area contributed by atoms with Crippen LogP contribution in [0.5, 0.6) is 0 Å². The fraction of sp³-hybridized carbons (Fsp3) is 0.933. The molecule has 1 N–H and O–H groups in total. The van der Waals surface area contributed by atoms with Crippen molar-refractivity contribution < 1.29 is 5.11 Å². The lowest BCUT2D eigenvalue weighted by Gasteiger charge is -2.40. The van der Waals surface area contributed by atoms with Gasteiger partial charge in [-0.3, -0.25) is 0 Å². The van der Waals surface area contributed by atoms with Gasteiger partial charge in [0.15, 0.2) is 0 Å². The molecule has 3 atom stereocenters. The van der Waals surface area contributed by atoms with Gasteiger partial charge in [0.1, 0.15) is 0 Å². The van der Waals surface area contributed by atoms with E-state index in [1.54, 1.807) is 0 Å². The molecule has 2 nitrogen and oxygen atoms in total. The van der Waals surface area contributed by atoms with E-state index in [1.807, 2.05) is 0 Å². The van der Waals surface area contributed by atoms with Gasteiger partial charge in [0.25, 0.3) is 0 Å². The summed E-state index contributed by atoms with van der Waals surface area (Å²) in [5.74, 6) is 0.623. The van der Waals surface area contributed by atoms with Crippen molar-refractivity contribution in [3.63, 3.8) is 0 Å². The molecule has 0 aliphatic heterocycles. The molecule has 0 aromatic carbocycles. The lowest BCUT2D eigenvalue weighted by molar-refractivity contribution is -0.00537. The molecule has 1 aliphatic rings. The molecule has 0 bridgehead atoms. The summed E-state index contributed by atoms with van der Waals surface area (Å²) in [6.45, 7) is 8.57. The number of hydrogen-bond acceptors (Lipinski definition) is 2. The number of hydrogen-bond donors (Lipinski definition) is 1. The first-order valence-corrected chi connectivity index (χ1v) is 6.92. The summed E-state index contributed by atoms with van der Waals surface area (Å²) < 4.78 is 0. The molecule has 1 saturated carbocycles. The van der Waals surface area contributed by atoms with Crippen LogP contribution >= 0.6 is 0 Å². The van der Waals surface area contributed by atoms with Gasteiger partial charge in [0.05, 0.1) is 17.6 Å². The van der Waals surface area contributed by atoms with E-state index >= 15 is 0 Å². The predicted octanol–water partition coefficient (Wildman–Crippen LogP) is 3.89. The van der Waals surface area contributed by atoms with Crippen molar-refractivity contribution in [1.29, 1.82) is 5.26 Å². The van der Waals surface area contributed by atoms with E-state index in [4.69, 9.17) is 0 Å². The second-order valence-corrected chi connectivity index (χ2v) is 6.92. The number of rotatable bonds is 3. The quantitative estimate of drug-likeness (QED) is 0.809. The third-order valence-corrected chi connectivity index (χ3v) is 4.13. The number of aliphatic hydroxyl groups is 1. The zero-order valence-corrected chi connectivity index (χ0v) is 11.8. The minimum Gasteiger partial charge on any atom is -0.391 e. The highest BCUT2D eigenvalue weighted by molar-refractivity contribution is 5.06. The van der Waals surface area contributed by atoms with E-state index in [2.05, 4.69) is 33.8 Å². The first-order chi connectivity index (χ1) is 7.83. The van der Waals surface area contributed by atoms with Gasteiger partial charge in [0, 0.05) is 0 Å². The molecule has 98 valence electrons. The summed E-state index contributed by atoms with van der Waals surface area (Å²) in [6.07, 6.45) is 5.45. The second kappa shape index (κ2) is 5.40. The van der Waals surface area contributed by atoms with Gasteiger partial charge in [-0.1, -0.05) is 47.0 Å². The van der Waals surface area contributed by atoms with E-state index in [1.165, 1.54) is 6.42 Å². The average Bonchev–Trinajstić information content (AvgIpc) is 2.26.